The van der Waals surface area contributed by atoms with Crippen molar-refractivity contribution in [3.8, 4) is 0 Å². The molecule has 7 heteroatoms. The summed E-state index contributed by atoms with van der Waals surface area (Å²) < 4.78 is 28.1. The molecule has 22 heavy (non-hydrogen) atoms. The summed E-state index contributed by atoms with van der Waals surface area (Å²) in [6, 6.07) is 9.06. The summed E-state index contributed by atoms with van der Waals surface area (Å²) in [6.07, 6.45) is 0. The fraction of sp³-hybridized carbons (Fsp3) is 0.133. The van der Waals surface area contributed by atoms with E-state index in [-0.39, 0.29) is 16.1 Å². The van der Waals surface area contributed by atoms with E-state index in [1.54, 1.807) is 26.0 Å². The van der Waals surface area contributed by atoms with Crippen molar-refractivity contribution in [2.45, 2.75) is 18.7 Å². The van der Waals surface area contributed by atoms with E-state index in [9.17, 15) is 18.3 Å². The molecule has 2 aromatic rings. The number of carboxylic acids is 1. The Bertz CT molecular complexity index is 847. The van der Waals surface area contributed by atoms with E-state index in [1.807, 2.05) is 0 Å². The first-order chi connectivity index (χ1) is 10.2. The fourth-order valence-electron chi connectivity index (χ4n) is 1.92. The maximum atomic E-state index is 12.5. The first kappa shape index (κ1) is 16.5. The largest absolute Gasteiger partial charge is 0.545 e. The predicted octanol–water partition coefficient (Wildman–Crippen LogP) is 2.23. The number of carbonyl (C=O) groups excluding carboxylic acids is 1. The van der Waals surface area contributed by atoms with Gasteiger partial charge in [-0.3, -0.25) is 4.72 Å². The van der Waals surface area contributed by atoms with Crippen molar-refractivity contribution in [1.82, 2.24) is 0 Å². The molecule has 116 valence electrons. The van der Waals surface area contributed by atoms with Crippen LogP contribution in [0.25, 0.3) is 0 Å². The molecule has 2 aromatic carbocycles. The summed E-state index contributed by atoms with van der Waals surface area (Å²) >= 11 is 3.24. The average molecular weight is 383 g/mol. The van der Waals surface area contributed by atoms with Crippen LogP contribution in [0.4, 0.5) is 5.69 Å². The van der Waals surface area contributed by atoms with Crippen LogP contribution in [0.15, 0.2) is 45.8 Å². The van der Waals surface area contributed by atoms with Crippen molar-refractivity contribution >= 4 is 37.6 Å². The molecule has 0 radical (unpaired) electrons. The number of sulfonamides is 1. The van der Waals surface area contributed by atoms with Gasteiger partial charge in [0, 0.05) is 4.47 Å². The zero-order valence-electron chi connectivity index (χ0n) is 11.9. The van der Waals surface area contributed by atoms with Gasteiger partial charge >= 0.3 is 0 Å². The number of anilines is 1. The van der Waals surface area contributed by atoms with E-state index in [0.717, 1.165) is 0 Å². The lowest BCUT2D eigenvalue weighted by molar-refractivity contribution is -0.255. The summed E-state index contributed by atoms with van der Waals surface area (Å²) in [5.74, 6) is -1.36. The Morgan fingerprint density at radius 3 is 2.36 bits per heavy atom. The topological polar surface area (TPSA) is 86.3 Å². The van der Waals surface area contributed by atoms with Gasteiger partial charge in [0.25, 0.3) is 10.0 Å². The number of aromatic carboxylic acids is 1. The number of benzene rings is 2. The lowest BCUT2D eigenvalue weighted by Gasteiger charge is -2.14. The second-order valence-electron chi connectivity index (χ2n) is 4.83. The number of carboxylic acid groups (broad SMARTS) is 1. The predicted molar refractivity (Wildman–Crippen MR) is 85.2 cm³/mol. The van der Waals surface area contributed by atoms with Gasteiger partial charge in [0.2, 0.25) is 0 Å². The van der Waals surface area contributed by atoms with Crippen LogP contribution < -0.4 is 9.83 Å². The number of nitrogens with one attached hydrogen (secondary N) is 1. The molecule has 1 N–H and O–H groups in total. The summed E-state index contributed by atoms with van der Waals surface area (Å²) in [4.78, 5) is 11.0. The molecule has 0 saturated heterocycles. The van der Waals surface area contributed by atoms with Gasteiger partial charge in [0.15, 0.2) is 0 Å². The van der Waals surface area contributed by atoms with Gasteiger partial charge in [-0.2, -0.15) is 0 Å². The van der Waals surface area contributed by atoms with Crippen LogP contribution >= 0.6 is 15.9 Å². The Hall–Kier alpha value is -1.86. The number of rotatable bonds is 4. The molecule has 0 aliphatic rings. The lowest BCUT2D eigenvalue weighted by Crippen LogP contribution is -2.23. The molecule has 0 fully saturated rings. The summed E-state index contributed by atoms with van der Waals surface area (Å²) in [5, 5.41) is 10.9. The molecule has 5 nitrogen and oxygen atoms in total. The van der Waals surface area contributed by atoms with Gasteiger partial charge in [0.1, 0.15) is 0 Å². The van der Waals surface area contributed by atoms with Gasteiger partial charge in [0.05, 0.1) is 16.6 Å². The fourth-order valence-corrected chi connectivity index (χ4v) is 3.83. The second kappa shape index (κ2) is 6.10. The SMILES string of the molecule is Cc1ccc(C(=O)[O-])cc1NS(=O)(=O)c1cc(Br)ccc1C. The molecule has 0 saturated carbocycles. The van der Waals surface area contributed by atoms with Crippen molar-refractivity contribution < 1.29 is 18.3 Å². The molecule has 0 bridgehead atoms. The third-order valence-electron chi connectivity index (χ3n) is 3.16. The molecule has 0 aliphatic carbocycles. The highest BCUT2D eigenvalue weighted by atomic mass is 79.9. The van der Waals surface area contributed by atoms with Crippen molar-refractivity contribution in [2.24, 2.45) is 0 Å². The molecule has 0 heterocycles. The van der Waals surface area contributed by atoms with Crippen LogP contribution in [0, 0.1) is 13.8 Å². The minimum absolute atomic E-state index is 0.0886. The van der Waals surface area contributed by atoms with Crippen LogP contribution in [0.1, 0.15) is 21.5 Å². The van der Waals surface area contributed by atoms with Crippen molar-refractivity contribution in [3.05, 3.63) is 57.6 Å². The minimum Gasteiger partial charge on any atom is -0.545 e. The van der Waals surface area contributed by atoms with Gasteiger partial charge in [-0.25, -0.2) is 8.42 Å². The minimum atomic E-state index is -3.82. The molecule has 2 rings (SSSR count). The zero-order valence-corrected chi connectivity index (χ0v) is 14.3. The van der Waals surface area contributed by atoms with Crippen molar-refractivity contribution in [2.75, 3.05) is 4.72 Å². The zero-order chi connectivity index (χ0) is 16.5. The second-order valence-corrected chi connectivity index (χ2v) is 7.40. The summed E-state index contributed by atoms with van der Waals surface area (Å²) in [5.41, 5.74) is 1.32. The van der Waals surface area contributed by atoms with Crippen LogP contribution in [-0.4, -0.2) is 14.4 Å². The highest BCUT2D eigenvalue weighted by Crippen LogP contribution is 2.25. The molecular formula is C15H13BrNO4S-. The number of hydrogen-bond donors (Lipinski definition) is 1. The normalized spacial score (nSPS) is 11.2. The number of aryl methyl sites for hydroxylation is 2. The van der Waals surface area contributed by atoms with Gasteiger partial charge in [-0.1, -0.05) is 34.1 Å². The van der Waals surface area contributed by atoms with Gasteiger partial charge in [-0.05, 0) is 48.7 Å². The molecule has 0 atom stereocenters. The molecule has 0 unspecified atom stereocenters. The molecular weight excluding hydrogens is 370 g/mol. The Balaban J connectivity index is 2.47. The smallest absolute Gasteiger partial charge is 0.262 e. The Morgan fingerprint density at radius 1 is 1.09 bits per heavy atom. The number of halogens is 1. The van der Waals surface area contributed by atoms with Crippen molar-refractivity contribution in [3.63, 3.8) is 0 Å². The van der Waals surface area contributed by atoms with E-state index < -0.39 is 16.0 Å². The van der Waals surface area contributed by atoms with E-state index >= 15 is 0 Å². The maximum Gasteiger partial charge on any atom is 0.262 e. The quantitative estimate of drug-likeness (QED) is 0.877. The van der Waals surface area contributed by atoms with E-state index in [4.69, 9.17) is 0 Å². The Kier molecular flexibility index (Phi) is 4.58. The van der Waals surface area contributed by atoms with Crippen LogP contribution in [0.3, 0.4) is 0 Å². The van der Waals surface area contributed by atoms with E-state index in [2.05, 4.69) is 20.7 Å². The van der Waals surface area contributed by atoms with E-state index in [1.165, 1.54) is 24.3 Å². The third kappa shape index (κ3) is 3.48. The Morgan fingerprint density at radius 2 is 1.73 bits per heavy atom. The number of hydrogen-bond acceptors (Lipinski definition) is 4. The van der Waals surface area contributed by atoms with Gasteiger partial charge in [-0.15, -0.1) is 0 Å². The first-order valence-electron chi connectivity index (χ1n) is 6.31. The third-order valence-corrected chi connectivity index (χ3v) is 5.16. The molecule has 0 aromatic heterocycles. The van der Waals surface area contributed by atoms with Gasteiger partial charge < -0.3 is 9.90 Å². The number of carbonyl (C=O) groups is 1. The molecule has 0 amide bonds. The maximum absolute atomic E-state index is 12.5. The lowest BCUT2D eigenvalue weighted by atomic mass is 10.1. The van der Waals surface area contributed by atoms with Crippen LogP contribution in [0.2, 0.25) is 0 Å². The highest BCUT2D eigenvalue weighted by molar-refractivity contribution is 9.10. The highest BCUT2D eigenvalue weighted by Gasteiger charge is 2.18. The summed E-state index contributed by atoms with van der Waals surface area (Å²) in [7, 11) is -3.82. The van der Waals surface area contributed by atoms with Crippen molar-refractivity contribution in [1.29, 1.82) is 0 Å². The average Bonchev–Trinajstić information content (AvgIpc) is 2.43. The van der Waals surface area contributed by atoms with E-state index in [0.29, 0.717) is 15.6 Å². The summed E-state index contributed by atoms with van der Waals surface area (Å²) in [6.45, 7) is 3.37. The standard InChI is InChI=1S/C15H14BrNO4S/c1-9-3-5-11(15(18)19)7-13(9)17-22(20,21)14-8-12(16)6-4-10(14)2/h3-8,17H,1-2H3,(H,18,19)/p-1. The molecule has 0 aliphatic heterocycles. The monoisotopic (exact) mass is 382 g/mol. The molecule has 0 spiro atoms. The van der Waals surface area contributed by atoms with Crippen LogP contribution in [-0.2, 0) is 10.0 Å². The Labute approximate surface area is 137 Å². The first-order valence-corrected chi connectivity index (χ1v) is 8.59. The van der Waals surface area contributed by atoms with Crippen LogP contribution in [0.5, 0.6) is 0 Å².